The van der Waals surface area contributed by atoms with Crippen molar-refractivity contribution < 1.29 is 0 Å². The second-order valence-corrected chi connectivity index (χ2v) is 4.91. The highest BCUT2D eigenvalue weighted by atomic mass is 35.5. The molecular weight excluding hydrogens is 229 g/mol. The van der Waals surface area contributed by atoms with Crippen molar-refractivity contribution in [2.24, 2.45) is 5.92 Å². The zero-order valence-electron chi connectivity index (χ0n) is 9.01. The lowest BCUT2D eigenvalue weighted by molar-refractivity contribution is 0.431. The van der Waals surface area contributed by atoms with E-state index >= 15 is 0 Å². The van der Waals surface area contributed by atoms with Gasteiger partial charge in [-0.3, -0.25) is 0 Å². The number of nitrogens with zero attached hydrogens (tertiary/aromatic N) is 1. The van der Waals surface area contributed by atoms with Gasteiger partial charge in [0.1, 0.15) is 0 Å². The molecule has 0 aromatic heterocycles. The maximum Gasteiger partial charge on any atom is 0.0817 e. The highest BCUT2D eigenvalue weighted by Gasteiger charge is 2.30. The van der Waals surface area contributed by atoms with Gasteiger partial charge in [-0.2, -0.15) is 5.26 Å². The first-order valence-corrected chi connectivity index (χ1v) is 5.54. The molecule has 1 aromatic rings. The van der Waals surface area contributed by atoms with Gasteiger partial charge in [-0.25, -0.2) is 0 Å². The molecule has 15 heavy (non-hydrogen) atoms. The zero-order valence-corrected chi connectivity index (χ0v) is 10.5. The standard InChI is InChI=1S/C12H13Cl2N/c1-8(2)12(3,7-15)9-4-5-10(13)11(14)6-9/h4-6,8H,1-3H3/t12-/m1/s1. The molecule has 0 bridgehead atoms. The van der Waals surface area contributed by atoms with E-state index in [0.29, 0.717) is 10.0 Å². The predicted octanol–water partition coefficient (Wildman–Crippen LogP) is 4.43. The van der Waals surface area contributed by atoms with E-state index in [4.69, 9.17) is 23.2 Å². The minimum Gasteiger partial charge on any atom is -0.197 e. The molecule has 80 valence electrons. The van der Waals surface area contributed by atoms with Crippen LogP contribution in [0.4, 0.5) is 0 Å². The average Bonchev–Trinajstić information content (AvgIpc) is 2.20. The Kier molecular flexibility index (Phi) is 3.65. The Hall–Kier alpha value is -0.710. The molecule has 0 amide bonds. The summed E-state index contributed by atoms with van der Waals surface area (Å²) < 4.78 is 0. The molecule has 3 heteroatoms. The topological polar surface area (TPSA) is 23.8 Å². The van der Waals surface area contributed by atoms with Crippen molar-refractivity contribution >= 4 is 23.2 Å². The lowest BCUT2D eigenvalue weighted by atomic mass is 9.75. The van der Waals surface area contributed by atoms with Gasteiger partial charge in [-0.15, -0.1) is 0 Å². The van der Waals surface area contributed by atoms with Crippen LogP contribution in [0.3, 0.4) is 0 Å². The summed E-state index contributed by atoms with van der Waals surface area (Å²) in [6, 6.07) is 7.70. The summed E-state index contributed by atoms with van der Waals surface area (Å²) in [7, 11) is 0. The molecule has 0 saturated carbocycles. The summed E-state index contributed by atoms with van der Waals surface area (Å²) >= 11 is 11.8. The first-order valence-electron chi connectivity index (χ1n) is 4.78. The maximum atomic E-state index is 9.24. The third-order valence-electron chi connectivity index (χ3n) is 2.91. The fourth-order valence-corrected chi connectivity index (χ4v) is 1.64. The van der Waals surface area contributed by atoms with E-state index in [-0.39, 0.29) is 5.92 Å². The van der Waals surface area contributed by atoms with Gasteiger partial charge >= 0.3 is 0 Å². The second kappa shape index (κ2) is 4.43. The smallest absolute Gasteiger partial charge is 0.0817 e. The molecule has 0 N–H and O–H groups in total. The molecule has 1 rings (SSSR count). The normalized spacial score (nSPS) is 14.7. The lowest BCUT2D eigenvalue weighted by Gasteiger charge is -2.26. The van der Waals surface area contributed by atoms with E-state index in [0.717, 1.165) is 5.56 Å². The van der Waals surface area contributed by atoms with Crippen LogP contribution >= 0.6 is 23.2 Å². The van der Waals surface area contributed by atoms with Crippen molar-refractivity contribution in [3.8, 4) is 6.07 Å². The third kappa shape index (κ3) is 2.27. The summed E-state index contributed by atoms with van der Waals surface area (Å²) in [5.41, 5.74) is 0.392. The van der Waals surface area contributed by atoms with Crippen LogP contribution in [0.1, 0.15) is 26.3 Å². The lowest BCUT2D eigenvalue weighted by Crippen LogP contribution is -2.26. The molecule has 0 saturated heterocycles. The van der Waals surface area contributed by atoms with Crippen LogP contribution in [0, 0.1) is 17.2 Å². The number of halogens is 2. The SMILES string of the molecule is CC(C)[C@@](C)(C#N)c1ccc(Cl)c(Cl)c1. The van der Waals surface area contributed by atoms with Crippen molar-refractivity contribution in [3.63, 3.8) is 0 Å². The van der Waals surface area contributed by atoms with Crippen LogP contribution in [0.25, 0.3) is 0 Å². The van der Waals surface area contributed by atoms with Gasteiger partial charge in [0.2, 0.25) is 0 Å². The molecule has 1 nitrogen and oxygen atoms in total. The molecular formula is C12H13Cl2N. The number of nitriles is 1. The monoisotopic (exact) mass is 241 g/mol. The fourth-order valence-electron chi connectivity index (χ4n) is 1.35. The van der Waals surface area contributed by atoms with Gasteiger partial charge in [-0.05, 0) is 30.5 Å². The minimum absolute atomic E-state index is 0.222. The van der Waals surface area contributed by atoms with E-state index in [1.54, 1.807) is 12.1 Å². The average molecular weight is 242 g/mol. The molecule has 0 aliphatic heterocycles. The van der Waals surface area contributed by atoms with Gasteiger partial charge in [-0.1, -0.05) is 43.1 Å². The van der Waals surface area contributed by atoms with Gasteiger partial charge in [0.05, 0.1) is 21.5 Å². The predicted molar refractivity (Wildman–Crippen MR) is 64.3 cm³/mol. The van der Waals surface area contributed by atoms with Crippen LogP contribution in [0.2, 0.25) is 10.0 Å². The van der Waals surface area contributed by atoms with Gasteiger partial charge in [0.15, 0.2) is 0 Å². The molecule has 0 spiro atoms. The number of benzene rings is 1. The van der Waals surface area contributed by atoms with Crippen LogP contribution in [-0.4, -0.2) is 0 Å². The van der Waals surface area contributed by atoms with Crippen LogP contribution in [0.15, 0.2) is 18.2 Å². The minimum atomic E-state index is -0.520. The Labute approximate surface area is 101 Å². The number of rotatable bonds is 2. The summed E-state index contributed by atoms with van der Waals surface area (Å²) in [6.45, 7) is 5.95. The molecule has 0 fully saturated rings. The van der Waals surface area contributed by atoms with Crippen LogP contribution in [-0.2, 0) is 5.41 Å². The maximum absolute atomic E-state index is 9.24. The van der Waals surface area contributed by atoms with Crippen molar-refractivity contribution in [2.45, 2.75) is 26.2 Å². The van der Waals surface area contributed by atoms with Crippen molar-refractivity contribution in [1.29, 1.82) is 5.26 Å². The summed E-state index contributed by atoms with van der Waals surface area (Å²) in [4.78, 5) is 0. The molecule has 0 radical (unpaired) electrons. The zero-order chi connectivity index (χ0) is 11.6. The Morgan fingerprint density at radius 2 is 1.87 bits per heavy atom. The van der Waals surface area contributed by atoms with Crippen LogP contribution in [0.5, 0.6) is 0 Å². The first-order chi connectivity index (χ1) is 6.91. The van der Waals surface area contributed by atoms with Gasteiger partial charge in [0, 0.05) is 0 Å². The van der Waals surface area contributed by atoms with E-state index in [1.165, 1.54) is 0 Å². The summed E-state index contributed by atoms with van der Waals surface area (Å²) in [5, 5.41) is 10.3. The Morgan fingerprint density at radius 1 is 1.27 bits per heavy atom. The van der Waals surface area contributed by atoms with E-state index in [2.05, 4.69) is 6.07 Å². The van der Waals surface area contributed by atoms with E-state index < -0.39 is 5.41 Å². The molecule has 1 aromatic carbocycles. The van der Waals surface area contributed by atoms with E-state index in [1.807, 2.05) is 26.8 Å². The Bertz CT molecular complexity index is 407. The number of hydrogen-bond acceptors (Lipinski definition) is 1. The van der Waals surface area contributed by atoms with E-state index in [9.17, 15) is 5.26 Å². The Morgan fingerprint density at radius 3 is 2.27 bits per heavy atom. The quantitative estimate of drug-likeness (QED) is 0.752. The Balaban J connectivity index is 3.27. The van der Waals surface area contributed by atoms with Crippen LogP contribution < -0.4 is 0 Å². The van der Waals surface area contributed by atoms with Gasteiger partial charge < -0.3 is 0 Å². The van der Waals surface area contributed by atoms with Crippen molar-refractivity contribution in [2.75, 3.05) is 0 Å². The molecule has 0 heterocycles. The van der Waals surface area contributed by atoms with Crippen molar-refractivity contribution in [1.82, 2.24) is 0 Å². The fraction of sp³-hybridized carbons (Fsp3) is 0.417. The highest BCUT2D eigenvalue weighted by Crippen LogP contribution is 2.34. The summed E-state index contributed by atoms with van der Waals surface area (Å²) in [6.07, 6.45) is 0. The molecule has 0 aliphatic rings. The van der Waals surface area contributed by atoms with Gasteiger partial charge in [0.25, 0.3) is 0 Å². The second-order valence-electron chi connectivity index (χ2n) is 4.10. The molecule has 0 unspecified atom stereocenters. The number of hydrogen-bond donors (Lipinski definition) is 0. The largest absolute Gasteiger partial charge is 0.197 e. The molecule has 1 atom stereocenters. The summed E-state index contributed by atoms with van der Waals surface area (Å²) in [5.74, 6) is 0.222. The first kappa shape index (κ1) is 12.4. The third-order valence-corrected chi connectivity index (χ3v) is 3.65. The highest BCUT2D eigenvalue weighted by molar-refractivity contribution is 6.42. The molecule has 0 aliphatic carbocycles. The van der Waals surface area contributed by atoms with Crippen molar-refractivity contribution in [3.05, 3.63) is 33.8 Å².